The summed E-state index contributed by atoms with van der Waals surface area (Å²) in [5.41, 5.74) is -0.984. The first-order valence-corrected chi connectivity index (χ1v) is 6.65. The highest BCUT2D eigenvalue weighted by Crippen LogP contribution is 2.34. The molecule has 1 saturated heterocycles. The number of aromatic nitrogens is 2. The quantitative estimate of drug-likeness (QED) is 0.630. The number of anilines is 2. The molecule has 1 aromatic rings. The van der Waals surface area contributed by atoms with Crippen LogP contribution in [0.3, 0.4) is 0 Å². The lowest BCUT2D eigenvalue weighted by Gasteiger charge is -2.37. The van der Waals surface area contributed by atoms with Crippen LogP contribution in [-0.4, -0.2) is 45.2 Å². The van der Waals surface area contributed by atoms with E-state index in [1.165, 1.54) is 6.33 Å². The first-order valence-electron chi connectivity index (χ1n) is 6.65. The fourth-order valence-corrected chi connectivity index (χ4v) is 2.47. The van der Waals surface area contributed by atoms with Gasteiger partial charge < -0.3 is 15.3 Å². The Morgan fingerprint density at radius 1 is 1.60 bits per heavy atom. The van der Waals surface area contributed by atoms with E-state index in [-0.39, 0.29) is 17.3 Å². The van der Waals surface area contributed by atoms with E-state index in [2.05, 4.69) is 15.3 Å². The summed E-state index contributed by atoms with van der Waals surface area (Å²) >= 11 is 0. The van der Waals surface area contributed by atoms with Crippen molar-refractivity contribution in [2.45, 2.75) is 32.3 Å². The lowest BCUT2D eigenvalue weighted by atomic mass is 9.95. The minimum Gasteiger partial charge on any atom is -0.388 e. The first-order chi connectivity index (χ1) is 9.44. The van der Waals surface area contributed by atoms with Crippen molar-refractivity contribution >= 4 is 17.3 Å². The summed E-state index contributed by atoms with van der Waals surface area (Å²) in [6.45, 7) is 5.08. The Labute approximate surface area is 117 Å². The highest BCUT2D eigenvalue weighted by molar-refractivity contribution is 5.70. The molecule has 20 heavy (non-hydrogen) atoms. The zero-order chi connectivity index (χ0) is 14.8. The minimum atomic E-state index is -0.852. The van der Waals surface area contributed by atoms with Gasteiger partial charge in [0.2, 0.25) is 11.6 Å². The second-order valence-corrected chi connectivity index (χ2v) is 5.20. The molecular weight excluding hydrogens is 262 g/mol. The van der Waals surface area contributed by atoms with Crippen LogP contribution in [0.5, 0.6) is 0 Å². The molecule has 2 heterocycles. The first kappa shape index (κ1) is 14.4. The topological polar surface area (TPSA) is 104 Å². The number of nitrogens with one attached hydrogen (secondary N) is 1. The molecule has 1 fully saturated rings. The van der Waals surface area contributed by atoms with Gasteiger partial charge in [-0.05, 0) is 26.7 Å². The third kappa shape index (κ3) is 2.96. The van der Waals surface area contributed by atoms with Crippen LogP contribution in [0.25, 0.3) is 0 Å². The minimum absolute atomic E-state index is 0.132. The molecule has 0 aromatic carbocycles. The van der Waals surface area contributed by atoms with Crippen LogP contribution in [-0.2, 0) is 0 Å². The molecule has 110 valence electrons. The maximum atomic E-state index is 11.3. The molecule has 2 rings (SSSR count). The summed E-state index contributed by atoms with van der Waals surface area (Å²) in [6.07, 6.45) is 2.76. The number of nitrogens with zero attached hydrogens (tertiary/aromatic N) is 4. The molecule has 0 aliphatic carbocycles. The average Bonchev–Trinajstić information content (AvgIpc) is 2.37. The third-order valence-electron chi connectivity index (χ3n) is 3.30. The number of hydrogen-bond donors (Lipinski definition) is 2. The summed E-state index contributed by atoms with van der Waals surface area (Å²) < 4.78 is 0. The van der Waals surface area contributed by atoms with Gasteiger partial charge in [-0.3, -0.25) is 10.1 Å². The van der Waals surface area contributed by atoms with Crippen LogP contribution in [0.15, 0.2) is 6.33 Å². The van der Waals surface area contributed by atoms with Gasteiger partial charge in [-0.15, -0.1) is 0 Å². The largest absolute Gasteiger partial charge is 0.388 e. The van der Waals surface area contributed by atoms with Crippen LogP contribution >= 0.6 is 0 Å². The van der Waals surface area contributed by atoms with Crippen LogP contribution < -0.4 is 10.2 Å². The SMILES string of the molecule is CCNc1ncnc(N2CCCC(C)(O)C2)c1[N+](=O)[O-]. The van der Waals surface area contributed by atoms with Gasteiger partial charge in [-0.2, -0.15) is 0 Å². The van der Waals surface area contributed by atoms with E-state index in [4.69, 9.17) is 0 Å². The molecule has 0 amide bonds. The number of nitro groups is 1. The van der Waals surface area contributed by atoms with Gasteiger partial charge in [0.1, 0.15) is 6.33 Å². The molecule has 0 bridgehead atoms. The van der Waals surface area contributed by atoms with Crippen molar-refractivity contribution in [3.8, 4) is 0 Å². The maximum Gasteiger partial charge on any atom is 0.353 e. The fraction of sp³-hybridized carbons (Fsp3) is 0.667. The van der Waals surface area contributed by atoms with Crippen LogP contribution in [0.2, 0.25) is 0 Å². The molecule has 1 aromatic heterocycles. The van der Waals surface area contributed by atoms with E-state index in [0.29, 0.717) is 26.1 Å². The second kappa shape index (κ2) is 5.58. The van der Waals surface area contributed by atoms with Gasteiger partial charge in [-0.25, -0.2) is 9.97 Å². The van der Waals surface area contributed by atoms with Gasteiger partial charge in [-0.1, -0.05) is 0 Å². The Balaban J connectivity index is 2.40. The van der Waals surface area contributed by atoms with Crippen molar-refractivity contribution in [2.24, 2.45) is 0 Å². The monoisotopic (exact) mass is 281 g/mol. The molecule has 8 heteroatoms. The van der Waals surface area contributed by atoms with Crippen LogP contribution in [0.1, 0.15) is 26.7 Å². The summed E-state index contributed by atoms with van der Waals surface area (Å²) in [4.78, 5) is 20.6. The van der Waals surface area contributed by atoms with Gasteiger partial charge in [0.15, 0.2) is 0 Å². The van der Waals surface area contributed by atoms with E-state index >= 15 is 0 Å². The molecule has 1 atom stereocenters. The molecular formula is C12H19N5O3. The van der Waals surface area contributed by atoms with Gasteiger partial charge in [0.25, 0.3) is 0 Å². The summed E-state index contributed by atoms with van der Waals surface area (Å²) in [6, 6.07) is 0. The van der Waals surface area contributed by atoms with Gasteiger partial charge >= 0.3 is 5.69 Å². The molecule has 0 spiro atoms. The molecule has 1 aliphatic rings. The van der Waals surface area contributed by atoms with E-state index in [0.717, 1.165) is 6.42 Å². The number of aliphatic hydroxyl groups is 1. The maximum absolute atomic E-state index is 11.3. The number of piperidine rings is 1. The standard InChI is InChI=1S/C12H19N5O3/c1-3-13-10-9(17(19)20)11(15-8-14-10)16-6-4-5-12(2,18)7-16/h8,18H,3-7H2,1-2H3,(H,13,14,15). The zero-order valence-electron chi connectivity index (χ0n) is 11.7. The second-order valence-electron chi connectivity index (χ2n) is 5.20. The average molecular weight is 281 g/mol. The lowest BCUT2D eigenvalue weighted by Crippen LogP contribution is -2.46. The van der Waals surface area contributed by atoms with Crippen molar-refractivity contribution in [3.05, 3.63) is 16.4 Å². The van der Waals surface area contributed by atoms with Crippen molar-refractivity contribution < 1.29 is 10.0 Å². The Morgan fingerprint density at radius 2 is 2.35 bits per heavy atom. The van der Waals surface area contributed by atoms with Crippen LogP contribution in [0, 0.1) is 10.1 Å². The van der Waals surface area contributed by atoms with E-state index in [1.54, 1.807) is 11.8 Å². The van der Waals surface area contributed by atoms with Crippen LogP contribution in [0.4, 0.5) is 17.3 Å². The normalized spacial score (nSPS) is 22.6. The Bertz CT molecular complexity index is 506. The Kier molecular flexibility index (Phi) is 4.03. The summed E-state index contributed by atoms with van der Waals surface area (Å²) in [5.74, 6) is 0.480. The van der Waals surface area contributed by atoms with Gasteiger partial charge in [0, 0.05) is 19.6 Å². The van der Waals surface area contributed by atoms with E-state index in [9.17, 15) is 15.2 Å². The van der Waals surface area contributed by atoms with Crippen molar-refractivity contribution in [1.29, 1.82) is 0 Å². The molecule has 1 unspecified atom stereocenters. The zero-order valence-corrected chi connectivity index (χ0v) is 11.7. The van der Waals surface area contributed by atoms with E-state index in [1.807, 2.05) is 6.92 Å². The fourth-order valence-electron chi connectivity index (χ4n) is 2.47. The van der Waals surface area contributed by atoms with Gasteiger partial charge in [0.05, 0.1) is 10.5 Å². The Hall–Kier alpha value is -1.96. The predicted octanol–water partition coefficient (Wildman–Crippen LogP) is 1.17. The van der Waals surface area contributed by atoms with Crippen molar-refractivity contribution in [3.63, 3.8) is 0 Å². The van der Waals surface area contributed by atoms with E-state index < -0.39 is 10.5 Å². The number of β-amino-alcohol motifs (C(OH)–C–C–N with tert-alkyl or cyclic N) is 1. The molecule has 0 radical (unpaired) electrons. The molecule has 2 N–H and O–H groups in total. The summed E-state index contributed by atoms with van der Waals surface area (Å²) in [5, 5.41) is 24.3. The Morgan fingerprint density at radius 3 is 2.95 bits per heavy atom. The molecule has 0 saturated carbocycles. The summed E-state index contributed by atoms with van der Waals surface area (Å²) in [7, 11) is 0. The smallest absolute Gasteiger partial charge is 0.353 e. The third-order valence-corrected chi connectivity index (χ3v) is 3.30. The lowest BCUT2D eigenvalue weighted by molar-refractivity contribution is -0.383. The highest BCUT2D eigenvalue weighted by Gasteiger charge is 2.34. The highest BCUT2D eigenvalue weighted by atomic mass is 16.6. The molecule has 1 aliphatic heterocycles. The van der Waals surface area contributed by atoms with Crippen molar-refractivity contribution in [2.75, 3.05) is 29.9 Å². The molecule has 8 nitrogen and oxygen atoms in total. The predicted molar refractivity (Wildman–Crippen MR) is 74.9 cm³/mol. The van der Waals surface area contributed by atoms with Crippen molar-refractivity contribution in [1.82, 2.24) is 9.97 Å². The number of hydrogen-bond acceptors (Lipinski definition) is 7. The number of rotatable bonds is 4.